The lowest BCUT2D eigenvalue weighted by molar-refractivity contribution is 0.0948. The second kappa shape index (κ2) is 10.2. The number of rotatable bonds is 9. The lowest BCUT2D eigenvalue weighted by Gasteiger charge is -2.07. The summed E-state index contributed by atoms with van der Waals surface area (Å²) in [6.07, 6.45) is 1.24. The molecule has 0 bridgehead atoms. The summed E-state index contributed by atoms with van der Waals surface area (Å²) in [6.45, 7) is 1.01. The van der Waals surface area contributed by atoms with Crippen molar-refractivity contribution in [3.8, 4) is 5.75 Å². The third-order valence-corrected chi connectivity index (χ3v) is 4.41. The Kier molecular flexibility index (Phi) is 7.10. The Balaban J connectivity index is 1.42. The van der Waals surface area contributed by atoms with Crippen molar-refractivity contribution in [2.45, 2.75) is 12.8 Å². The van der Waals surface area contributed by atoms with Crippen molar-refractivity contribution in [3.63, 3.8) is 0 Å². The Bertz CT molecular complexity index is 930. The second-order valence-electron chi connectivity index (χ2n) is 6.43. The lowest BCUT2D eigenvalue weighted by atomic mass is 10.1. The average Bonchev–Trinajstić information content (AvgIpc) is 2.76. The maximum absolute atomic E-state index is 13.6. The number of carbonyl (C=O) groups is 1. The number of methoxy groups -OCH3 is 1. The van der Waals surface area contributed by atoms with Crippen LogP contribution in [0.5, 0.6) is 5.75 Å². The number of amides is 1. The highest BCUT2D eigenvalue weighted by atomic mass is 19.1. The predicted molar refractivity (Wildman–Crippen MR) is 110 cm³/mol. The van der Waals surface area contributed by atoms with Crippen molar-refractivity contribution >= 4 is 11.7 Å². The van der Waals surface area contributed by atoms with E-state index < -0.39 is 0 Å². The van der Waals surface area contributed by atoms with E-state index in [-0.39, 0.29) is 17.4 Å². The molecular formula is C22H23FN4O2. The molecule has 0 saturated heterocycles. The van der Waals surface area contributed by atoms with Crippen LogP contribution in [0.2, 0.25) is 0 Å². The van der Waals surface area contributed by atoms with Crippen LogP contribution in [-0.4, -0.2) is 36.3 Å². The second-order valence-corrected chi connectivity index (χ2v) is 6.43. The predicted octanol–water partition coefficient (Wildman–Crippen LogP) is 3.25. The van der Waals surface area contributed by atoms with Crippen molar-refractivity contribution in [1.29, 1.82) is 0 Å². The van der Waals surface area contributed by atoms with Crippen LogP contribution in [0.25, 0.3) is 0 Å². The third kappa shape index (κ3) is 6.00. The van der Waals surface area contributed by atoms with Crippen LogP contribution in [0.3, 0.4) is 0 Å². The van der Waals surface area contributed by atoms with Gasteiger partial charge in [-0.25, -0.2) is 4.39 Å². The highest BCUT2D eigenvalue weighted by Crippen LogP contribution is 2.12. The number of carbonyl (C=O) groups excluding carboxylic acids is 1. The molecule has 0 atom stereocenters. The van der Waals surface area contributed by atoms with Crippen LogP contribution in [0, 0.1) is 5.82 Å². The summed E-state index contributed by atoms with van der Waals surface area (Å²) in [4.78, 5) is 12.1. The molecule has 0 radical (unpaired) electrons. The summed E-state index contributed by atoms with van der Waals surface area (Å²) in [5.41, 5.74) is 1.96. The monoisotopic (exact) mass is 394 g/mol. The first-order valence-corrected chi connectivity index (χ1v) is 9.38. The minimum Gasteiger partial charge on any atom is -0.497 e. The number of ether oxygens (including phenoxy) is 1. The van der Waals surface area contributed by atoms with Gasteiger partial charge in [-0.1, -0.05) is 30.3 Å². The molecule has 2 N–H and O–H groups in total. The molecule has 0 aliphatic rings. The van der Waals surface area contributed by atoms with E-state index in [0.717, 1.165) is 12.2 Å². The van der Waals surface area contributed by atoms with E-state index >= 15 is 0 Å². The number of aromatic nitrogens is 2. The number of benzene rings is 2. The summed E-state index contributed by atoms with van der Waals surface area (Å²) in [7, 11) is 1.64. The van der Waals surface area contributed by atoms with E-state index in [0.29, 0.717) is 30.9 Å². The van der Waals surface area contributed by atoms with Crippen LogP contribution in [0.1, 0.15) is 21.6 Å². The number of hydrogen-bond donors (Lipinski definition) is 2. The number of hydrogen-bond acceptors (Lipinski definition) is 5. The summed E-state index contributed by atoms with van der Waals surface area (Å²) >= 11 is 0. The molecule has 3 aromatic rings. The molecule has 0 unspecified atom stereocenters. The van der Waals surface area contributed by atoms with Crippen LogP contribution < -0.4 is 15.4 Å². The number of nitrogens with one attached hydrogen (secondary N) is 2. The fourth-order valence-corrected chi connectivity index (χ4v) is 2.78. The van der Waals surface area contributed by atoms with Gasteiger partial charge in [-0.05, 0) is 54.3 Å². The van der Waals surface area contributed by atoms with Gasteiger partial charge in [-0.3, -0.25) is 4.79 Å². The van der Waals surface area contributed by atoms with E-state index in [9.17, 15) is 9.18 Å². The Morgan fingerprint density at radius 1 is 0.966 bits per heavy atom. The van der Waals surface area contributed by atoms with E-state index in [4.69, 9.17) is 4.74 Å². The fourth-order valence-electron chi connectivity index (χ4n) is 2.78. The van der Waals surface area contributed by atoms with E-state index in [2.05, 4.69) is 20.8 Å². The molecule has 0 spiro atoms. The Morgan fingerprint density at radius 3 is 2.45 bits per heavy atom. The van der Waals surface area contributed by atoms with Gasteiger partial charge in [0.25, 0.3) is 5.91 Å². The number of halogens is 1. The lowest BCUT2D eigenvalue weighted by Crippen LogP contribution is -2.27. The zero-order valence-electron chi connectivity index (χ0n) is 16.2. The maximum atomic E-state index is 13.6. The van der Waals surface area contributed by atoms with Crippen LogP contribution in [0.15, 0.2) is 60.7 Å². The molecule has 150 valence electrons. The number of anilines is 1. The molecule has 6 nitrogen and oxygen atoms in total. The highest BCUT2D eigenvalue weighted by molar-refractivity contribution is 5.92. The van der Waals surface area contributed by atoms with Gasteiger partial charge in [-0.15, -0.1) is 10.2 Å². The average molecular weight is 394 g/mol. The Morgan fingerprint density at radius 2 is 1.76 bits per heavy atom. The third-order valence-electron chi connectivity index (χ3n) is 4.41. The van der Waals surface area contributed by atoms with Crippen molar-refractivity contribution < 1.29 is 13.9 Å². The quantitative estimate of drug-likeness (QED) is 0.583. The van der Waals surface area contributed by atoms with Crippen molar-refractivity contribution in [3.05, 3.63) is 83.3 Å². The summed E-state index contributed by atoms with van der Waals surface area (Å²) < 4.78 is 18.7. The standard InChI is InChI=1S/C22H23FN4O2/c1-29-18-8-6-16(7-9-18)12-14-24-21-11-10-20(26-27-21)22(28)25-15-13-17-4-2-3-5-19(17)23/h2-11H,12-15H2,1H3,(H,24,27)(H,25,28). The smallest absolute Gasteiger partial charge is 0.271 e. The molecule has 3 rings (SSSR count). The van der Waals surface area contributed by atoms with Gasteiger partial charge in [0.1, 0.15) is 17.4 Å². The van der Waals surface area contributed by atoms with Crippen molar-refractivity contribution in [2.24, 2.45) is 0 Å². The van der Waals surface area contributed by atoms with E-state index in [1.807, 2.05) is 24.3 Å². The van der Waals surface area contributed by atoms with Gasteiger partial charge in [0.2, 0.25) is 0 Å². The molecule has 1 amide bonds. The van der Waals surface area contributed by atoms with Gasteiger partial charge >= 0.3 is 0 Å². The zero-order valence-corrected chi connectivity index (χ0v) is 16.2. The molecule has 29 heavy (non-hydrogen) atoms. The number of nitrogens with zero attached hydrogens (tertiary/aromatic N) is 2. The molecule has 1 heterocycles. The van der Waals surface area contributed by atoms with Gasteiger partial charge in [0, 0.05) is 13.1 Å². The zero-order chi connectivity index (χ0) is 20.5. The SMILES string of the molecule is COc1ccc(CCNc2ccc(C(=O)NCCc3ccccc3F)nn2)cc1. The summed E-state index contributed by atoms with van der Waals surface area (Å²) in [5, 5.41) is 13.9. The van der Waals surface area contributed by atoms with Crippen LogP contribution in [0.4, 0.5) is 10.2 Å². The first kappa shape index (κ1) is 20.3. The Labute approximate surface area is 169 Å². The normalized spacial score (nSPS) is 10.4. The van der Waals surface area contributed by atoms with E-state index in [1.54, 1.807) is 37.4 Å². The van der Waals surface area contributed by atoms with Crippen molar-refractivity contribution in [2.75, 3.05) is 25.5 Å². The first-order chi connectivity index (χ1) is 14.2. The molecule has 0 aliphatic heterocycles. The van der Waals surface area contributed by atoms with Crippen LogP contribution >= 0.6 is 0 Å². The molecule has 2 aromatic carbocycles. The van der Waals surface area contributed by atoms with Crippen LogP contribution in [-0.2, 0) is 12.8 Å². The van der Waals surface area contributed by atoms with Gasteiger partial charge in [0.05, 0.1) is 7.11 Å². The summed E-state index contributed by atoms with van der Waals surface area (Å²) in [5.74, 6) is 0.821. The molecule has 0 saturated carbocycles. The molecule has 7 heteroatoms. The Hall–Kier alpha value is -3.48. The summed E-state index contributed by atoms with van der Waals surface area (Å²) in [6, 6.07) is 17.7. The fraction of sp³-hybridized carbons (Fsp3) is 0.227. The van der Waals surface area contributed by atoms with Gasteiger partial charge in [-0.2, -0.15) is 0 Å². The minimum atomic E-state index is -0.335. The van der Waals surface area contributed by atoms with Gasteiger partial charge in [0.15, 0.2) is 5.69 Å². The first-order valence-electron chi connectivity index (χ1n) is 9.38. The molecule has 0 aliphatic carbocycles. The minimum absolute atomic E-state index is 0.222. The van der Waals surface area contributed by atoms with E-state index in [1.165, 1.54) is 11.6 Å². The van der Waals surface area contributed by atoms with Gasteiger partial charge < -0.3 is 15.4 Å². The highest BCUT2D eigenvalue weighted by Gasteiger charge is 2.08. The van der Waals surface area contributed by atoms with Crippen molar-refractivity contribution in [1.82, 2.24) is 15.5 Å². The largest absolute Gasteiger partial charge is 0.497 e. The molecular weight excluding hydrogens is 371 g/mol. The molecule has 1 aromatic heterocycles. The topological polar surface area (TPSA) is 76.1 Å². The maximum Gasteiger partial charge on any atom is 0.271 e. The molecule has 0 fully saturated rings.